The average Bonchev–Trinajstić information content (AvgIpc) is 3.33. The summed E-state index contributed by atoms with van der Waals surface area (Å²) < 4.78 is 0.698. The van der Waals surface area contributed by atoms with Crippen LogP contribution in [-0.2, 0) is 0 Å². The minimum Gasteiger partial charge on any atom is -0.352 e. The van der Waals surface area contributed by atoms with Crippen LogP contribution in [0, 0.1) is 0 Å². The van der Waals surface area contributed by atoms with Crippen LogP contribution in [0.4, 0.5) is 0 Å². The highest BCUT2D eigenvalue weighted by Gasteiger charge is 2.17. The molecule has 168 valence electrons. The first kappa shape index (κ1) is 22.3. The number of thiophene rings is 1. The van der Waals surface area contributed by atoms with Crippen molar-refractivity contribution in [3.05, 3.63) is 124 Å². The molecule has 34 heavy (non-hydrogen) atoms. The number of fused-ring (bicyclic) bond motifs is 1. The van der Waals surface area contributed by atoms with Gasteiger partial charge in [0.05, 0.1) is 26.0 Å². The molecule has 1 N–H and O–H groups in total. The summed E-state index contributed by atoms with van der Waals surface area (Å²) in [7, 11) is 0. The molecule has 0 aliphatic rings. The van der Waals surface area contributed by atoms with Gasteiger partial charge < -0.3 is 5.32 Å². The van der Waals surface area contributed by atoms with Gasteiger partial charge in [0.1, 0.15) is 0 Å². The molecular formula is C29H23ClN2OS. The maximum atomic E-state index is 13.3. The van der Waals surface area contributed by atoms with Gasteiger partial charge in [0.2, 0.25) is 0 Å². The van der Waals surface area contributed by atoms with E-state index in [0.29, 0.717) is 16.4 Å². The van der Waals surface area contributed by atoms with Crippen LogP contribution in [0.2, 0.25) is 4.34 Å². The highest BCUT2D eigenvalue weighted by atomic mass is 35.5. The molecule has 2 aromatic heterocycles. The molecule has 3 aromatic carbocycles. The van der Waals surface area contributed by atoms with Crippen LogP contribution < -0.4 is 5.32 Å². The van der Waals surface area contributed by atoms with Crippen LogP contribution >= 0.6 is 22.9 Å². The van der Waals surface area contributed by atoms with E-state index in [1.807, 2.05) is 54.6 Å². The van der Waals surface area contributed by atoms with Crippen molar-refractivity contribution >= 4 is 39.7 Å². The number of pyridine rings is 1. The fourth-order valence-electron chi connectivity index (χ4n) is 4.26. The molecule has 0 fully saturated rings. The lowest BCUT2D eigenvalue weighted by Gasteiger charge is -2.19. The molecule has 2 heterocycles. The smallest absolute Gasteiger partial charge is 0.252 e. The Hall–Kier alpha value is -3.47. The predicted molar refractivity (Wildman–Crippen MR) is 142 cm³/mol. The van der Waals surface area contributed by atoms with E-state index < -0.39 is 0 Å². The summed E-state index contributed by atoms with van der Waals surface area (Å²) in [5.74, 6) is 0.114. The second-order valence-corrected chi connectivity index (χ2v) is 9.81. The number of carbonyl (C=O) groups is 1. The summed E-state index contributed by atoms with van der Waals surface area (Å²) in [5, 5.41) is 4.00. The molecular weight excluding hydrogens is 460 g/mol. The molecule has 3 nitrogen and oxygen atoms in total. The molecule has 0 aliphatic heterocycles. The number of para-hydroxylation sites is 1. The quantitative estimate of drug-likeness (QED) is 0.260. The predicted octanol–water partition coefficient (Wildman–Crippen LogP) is 7.57. The Labute approximate surface area is 208 Å². The summed E-state index contributed by atoms with van der Waals surface area (Å²) in [6.45, 7) is 0.560. The van der Waals surface area contributed by atoms with Crippen LogP contribution in [-0.4, -0.2) is 17.4 Å². The second-order valence-electron chi connectivity index (χ2n) is 8.09. The first-order valence-electron chi connectivity index (χ1n) is 11.2. The largest absolute Gasteiger partial charge is 0.352 e. The average molecular weight is 483 g/mol. The Morgan fingerprint density at radius 3 is 2.15 bits per heavy atom. The van der Waals surface area contributed by atoms with Gasteiger partial charge in [0.15, 0.2) is 0 Å². The van der Waals surface area contributed by atoms with Gasteiger partial charge >= 0.3 is 0 Å². The van der Waals surface area contributed by atoms with E-state index in [0.717, 1.165) is 27.9 Å². The molecule has 0 radical (unpaired) electrons. The summed E-state index contributed by atoms with van der Waals surface area (Å²) >= 11 is 7.60. The van der Waals surface area contributed by atoms with Crippen LogP contribution in [0.25, 0.3) is 21.5 Å². The van der Waals surface area contributed by atoms with Gasteiger partial charge in [-0.25, -0.2) is 4.98 Å². The molecule has 5 heteroatoms. The van der Waals surface area contributed by atoms with Crippen LogP contribution in [0.5, 0.6) is 0 Å². The number of nitrogens with one attached hydrogen (secondary N) is 1. The molecule has 0 spiro atoms. The Balaban J connectivity index is 1.39. The maximum Gasteiger partial charge on any atom is 0.252 e. The number of amides is 1. The second kappa shape index (κ2) is 10.2. The maximum absolute atomic E-state index is 13.3. The van der Waals surface area contributed by atoms with E-state index in [-0.39, 0.29) is 11.8 Å². The monoisotopic (exact) mass is 482 g/mol. The van der Waals surface area contributed by atoms with E-state index in [1.54, 1.807) is 0 Å². The zero-order chi connectivity index (χ0) is 23.3. The molecule has 0 saturated heterocycles. The topological polar surface area (TPSA) is 42.0 Å². The van der Waals surface area contributed by atoms with Crippen LogP contribution in [0.15, 0.2) is 103 Å². The van der Waals surface area contributed by atoms with Gasteiger partial charge in [-0.1, -0.05) is 90.5 Å². The summed E-state index contributed by atoms with van der Waals surface area (Å²) in [6.07, 6.45) is 0.802. The summed E-state index contributed by atoms with van der Waals surface area (Å²) in [4.78, 5) is 19.0. The Bertz CT molecular complexity index is 1380. The van der Waals surface area contributed by atoms with Crippen molar-refractivity contribution in [2.45, 2.75) is 12.3 Å². The molecule has 5 rings (SSSR count). The van der Waals surface area contributed by atoms with Gasteiger partial charge in [-0.05, 0) is 41.8 Å². The Morgan fingerprint density at radius 2 is 1.50 bits per heavy atom. The Morgan fingerprint density at radius 1 is 0.853 bits per heavy atom. The van der Waals surface area contributed by atoms with E-state index >= 15 is 0 Å². The third-order valence-corrected chi connectivity index (χ3v) is 7.16. The SMILES string of the molecule is O=C(NCCC(c1ccccc1)c1ccccc1)c1cc(-c2ccc(Cl)s2)nc2ccccc12. The molecule has 0 unspecified atom stereocenters. The van der Waals surface area contributed by atoms with Crippen molar-refractivity contribution in [1.29, 1.82) is 0 Å². The van der Waals surface area contributed by atoms with Crippen LogP contribution in [0.1, 0.15) is 33.8 Å². The van der Waals surface area contributed by atoms with Gasteiger partial charge in [-0.15, -0.1) is 11.3 Å². The van der Waals surface area contributed by atoms with Crippen molar-refractivity contribution in [1.82, 2.24) is 10.3 Å². The van der Waals surface area contributed by atoms with Gasteiger partial charge in [0, 0.05) is 17.8 Å². The first-order valence-corrected chi connectivity index (χ1v) is 12.4. The molecule has 5 aromatic rings. The van der Waals surface area contributed by atoms with E-state index in [2.05, 4.69) is 53.8 Å². The van der Waals surface area contributed by atoms with Gasteiger partial charge in [0.25, 0.3) is 5.91 Å². The number of halogens is 1. The third-order valence-electron chi connectivity index (χ3n) is 5.91. The van der Waals surface area contributed by atoms with Gasteiger partial charge in [-0.3, -0.25) is 4.79 Å². The minimum absolute atomic E-state index is 0.0950. The number of hydrogen-bond donors (Lipinski definition) is 1. The Kier molecular flexibility index (Phi) is 6.70. The van der Waals surface area contributed by atoms with E-state index in [9.17, 15) is 4.79 Å². The fraction of sp³-hybridized carbons (Fsp3) is 0.103. The first-order chi connectivity index (χ1) is 16.7. The molecule has 0 bridgehead atoms. The van der Waals surface area contributed by atoms with Crippen molar-refractivity contribution < 1.29 is 4.79 Å². The number of carbonyl (C=O) groups excluding carboxylic acids is 1. The molecule has 1 amide bonds. The molecule has 0 saturated carbocycles. The van der Waals surface area contributed by atoms with Gasteiger partial charge in [-0.2, -0.15) is 0 Å². The number of rotatable bonds is 7. The summed E-state index contributed by atoms with van der Waals surface area (Å²) in [6, 6.07) is 34.3. The number of benzene rings is 3. The van der Waals surface area contributed by atoms with E-state index in [4.69, 9.17) is 16.6 Å². The highest BCUT2D eigenvalue weighted by molar-refractivity contribution is 7.19. The lowest BCUT2D eigenvalue weighted by molar-refractivity contribution is 0.0954. The number of nitrogens with zero attached hydrogens (tertiary/aromatic N) is 1. The zero-order valence-corrected chi connectivity index (χ0v) is 20.0. The normalized spacial score (nSPS) is 11.1. The lowest BCUT2D eigenvalue weighted by atomic mass is 9.88. The minimum atomic E-state index is -0.0950. The van der Waals surface area contributed by atoms with Crippen LogP contribution in [0.3, 0.4) is 0 Å². The number of aromatic nitrogens is 1. The molecule has 0 aliphatic carbocycles. The van der Waals surface area contributed by atoms with Crippen molar-refractivity contribution in [3.63, 3.8) is 0 Å². The fourth-order valence-corrected chi connectivity index (χ4v) is 5.27. The molecule has 0 atom stereocenters. The van der Waals surface area contributed by atoms with Crippen molar-refractivity contribution in [2.24, 2.45) is 0 Å². The highest BCUT2D eigenvalue weighted by Crippen LogP contribution is 2.32. The standard InChI is InChI=1S/C29H23ClN2OS/c30-28-16-15-27(34-28)26-19-24(23-13-7-8-14-25(23)32-26)29(33)31-18-17-22(20-9-3-1-4-10-20)21-11-5-2-6-12-21/h1-16,19,22H,17-18H2,(H,31,33). The van der Waals surface area contributed by atoms with Crippen molar-refractivity contribution in [2.75, 3.05) is 6.54 Å². The number of hydrogen-bond acceptors (Lipinski definition) is 3. The zero-order valence-electron chi connectivity index (χ0n) is 18.4. The summed E-state index contributed by atoms with van der Waals surface area (Å²) in [5.41, 5.74) is 4.66. The third kappa shape index (κ3) is 4.89. The van der Waals surface area contributed by atoms with Crippen molar-refractivity contribution in [3.8, 4) is 10.6 Å². The van der Waals surface area contributed by atoms with E-state index in [1.165, 1.54) is 22.5 Å². The lowest BCUT2D eigenvalue weighted by Crippen LogP contribution is -2.26.